The van der Waals surface area contributed by atoms with Gasteiger partial charge in [-0.1, -0.05) is 11.6 Å². The Kier molecular flexibility index (Phi) is 2.61. The predicted molar refractivity (Wildman–Crippen MR) is 61.2 cm³/mol. The van der Waals surface area contributed by atoms with Crippen LogP contribution in [0.5, 0.6) is 0 Å². The summed E-state index contributed by atoms with van der Waals surface area (Å²) < 4.78 is 0. The third kappa shape index (κ3) is 2.08. The van der Waals surface area contributed by atoms with E-state index in [1.165, 1.54) is 0 Å². The van der Waals surface area contributed by atoms with Gasteiger partial charge in [0.2, 0.25) is 0 Å². The summed E-state index contributed by atoms with van der Waals surface area (Å²) in [6.45, 7) is 5.32. The molecule has 2 rings (SSSR count). The molecular weight excluding hydrogens is 212 g/mol. The summed E-state index contributed by atoms with van der Waals surface area (Å²) in [6.07, 6.45) is 1.73. The van der Waals surface area contributed by atoms with E-state index in [0.717, 1.165) is 18.9 Å². The van der Waals surface area contributed by atoms with Crippen molar-refractivity contribution in [2.24, 2.45) is 5.92 Å². The van der Waals surface area contributed by atoms with Crippen molar-refractivity contribution in [2.45, 2.75) is 19.4 Å². The molecule has 0 bridgehead atoms. The second-order valence-corrected chi connectivity index (χ2v) is 4.97. The number of halogens is 1. The lowest BCUT2D eigenvalue weighted by atomic mass is 9.84. The standard InChI is InChI=1S/C11H15ClN2O/c1-11(2,15)8-6-14(7-8)10-9(12)4-3-5-13-10/h3-5,8,15H,6-7H2,1-2H3. The average molecular weight is 227 g/mol. The Bertz CT molecular complexity index is 356. The first-order valence-electron chi connectivity index (χ1n) is 5.06. The zero-order chi connectivity index (χ0) is 11.1. The molecule has 1 fully saturated rings. The molecule has 0 spiro atoms. The van der Waals surface area contributed by atoms with Crippen LogP contribution in [0.1, 0.15) is 13.8 Å². The number of hydrogen-bond donors (Lipinski definition) is 1. The van der Waals surface area contributed by atoms with Gasteiger partial charge in [0.25, 0.3) is 0 Å². The predicted octanol–water partition coefficient (Wildman–Crippen LogP) is 1.94. The molecule has 3 nitrogen and oxygen atoms in total. The molecule has 0 amide bonds. The molecule has 0 aliphatic carbocycles. The van der Waals surface area contributed by atoms with Gasteiger partial charge in [0.15, 0.2) is 0 Å². The Morgan fingerprint density at radius 1 is 1.53 bits per heavy atom. The SMILES string of the molecule is CC(C)(O)C1CN(c2ncccc2Cl)C1. The lowest BCUT2D eigenvalue weighted by Gasteiger charge is -2.46. The van der Waals surface area contributed by atoms with Crippen molar-refractivity contribution < 1.29 is 5.11 Å². The van der Waals surface area contributed by atoms with Gasteiger partial charge in [-0.3, -0.25) is 0 Å². The van der Waals surface area contributed by atoms with Gasteiger partial charge in [-0.15, -0.1) is 0 Å². The van der Waals surface area contributed by atoms with Gasteiger partial charge in [-0.05, 0) is 26.0 Å². The van der Waals surface area contributed by atoms with Gasteiger partial charge in [0.05, 0.1) is 10.6 Å². The molecule has 82 valence electrons. The van der Waals surface area contributed by atoms with Crippen LogP contribution in [0.25, 0.3) is 0 Å². The van der Waals surface area contributed by atoms with Crippen molar-refractivity contribution in [1.82, 2.24) is 4.98 Å². The molecule has 4 heteroatoms. The van der Waals surface area contributed by atoms with E-state index in [1.807, 2.05) is 26.0 Å². The minimum absolute atomic E-state index is 0.301. The van der Waals surface area contributed by atoms with Gasteiger partial charge in [0.1, 0.15) is 5.82 Å². The number of nitrogens with zero attached hydrogens (tertiary/aromatic N) is 2. The van der Waals surface area contributed by atoms with E-state index >= 15 is 0 Å². The van der Waals surface area contributed by atoms with Crippen LogP contribution in [-0.2, 0) is 0 Å². The maximum absolute atomic E-state index is 9.79. The first-order valence-corrected chi connectivity index (χ1v) is 5.44. The first-order chi connectivity index (χ1) is 6.98. The van der Waals surface area contributed by atoms with Crippen LogP contribution < -0.4 is 4.90 Å². The van der Waals surface area contributed by atoms with Gasteiger partial charge < -0.3 is 10.0 Å². The van der Waals surface area contributed by atoms with E-state index in [0.29, 0.717) is 10.9 Å². The van der Waals surface area contributed by atoms with E-state index in [2.05, 4.69) is 9.88 Å². The summed E-state index contributed by atoms with van der Waals surface area (Å²) >= 11 is 6.03. The molecule has 0 atom stereocenters. The van der Waals surface area contributed by atoms with Gasteiger partial charge in [-0.2, -0.15) is 0 Å². The molecule has 1 aromatic rings. The number of anilines is 1. The summed E-state index contributed by atoms with van der Waals surface area (Å²) in [6, 6.07) is 3.65. The van der Waals surface area contributed by atoms with Crippen molar-refractivity contribution >= 4 is 17.4 Å². The third-order valence-corrected chi connectivity index (χ3v) is 3.21. The lowest BCUT2D eigenvalue weighted by molar-refractivity contribution is 0.00439. The maximum Gasteiger partial charge on any atom is 0.147 e. The smallest absolute Gasteiger partial charge is 0.147 e. The molecule has 1 saturated heterocycles. The van der Waals surface area contributed by atoms with E-state index in [1.54, 1.807) is 6.20 Å². The highest BCUT2D eigenvalue weighted by atomic mass is 35.5. The minimum Gasteiger partial charge on any atom is -0.390 e. The van der Waals surface area contributed by atoms with Gasteiger partial charge >= 0.3 is 0 Å². The molecule has 2 heterocycles. The maximum atomic E-state index is 9.79. The van der Waals surface area contributed by atoms with Gasteiger partial charge in [0, 0.05) is 25.2 Å². The monoisotopic (exact) mass is 226 g/mol. The second kappa shape index (κ2) is 3.65. The quantitative estimate of drug-likeness (QED) is 0.838. The fourth-order valence-electron chi connectivity index (χ4n) is 1.71. The highest BCUT2D eigenvalue weighted by Gasteiger charge is 2.38. The zero-order valence-electron chi connectivity index (χ0n) is 8.94. The fraction of sp³-hybridized carbons (Fsp3) is 0.545. The lowest BCUT2D eigenvalue weighted by Crippen LogP contribution is -2.56. The molecule has 0 saturated carbocycles. The van der Waals surface area contributed by atoms with E-state index < -0.39 is 5.60 Å². The molecule has 0 unspecified atom stereocenters. The fourth-order valence-corrected chi connectivity index (χ4v) is 1.95. The number of pyridine rings is 1. The van der Waals surface area contributed by atoms with Crippen LogP contribution in [0.3, 0.4) is 0 Å². The van der Waals surface area contributed by atoms with Crippen LogP contribution in [0.2, 0.25) is 5.02 Å². The Balaban J connectivity index is 2.04. The molecule has 15 heavy (non-hydrogen) atoms. The molecule has 1 aromatic heterocycles. The molecular formula is C11H15ClN2O. The molecule has 1 aliphatic heterocycles. The number of aliphatic hydroxyl groups is 1. The van der Waals surface area contributed by atoms with E-state index in [4.69, 9.17) is 11.6 Å². The first kappa shape index (κ1) is 10.7. The third-order valence-electron chi connectivity index (χ3n) is 2.92. The molecule has 1 aliphatic rings. The Morgan fingerprint density at radius 3 is 2.73 bits per heavy atom. The summed E-state index contributed by atoms with van der Waals surface area (Å²) in [5.41, 5.74) is -0.613. The van der Waals surface area contributed by atoms with Crippen molar-refractivity contribution in [3.63, 3.8) is 0 Å². The van der Waals surface area contributed by atoms with Crippen molar-refractivity contribution in [3.05, 3.63) is 23.4 Å². The topological polar surface area (TPSA) is 36.4 Å². The van der Waals surface area contributed by atoms with E-state index in [-0.39, 0.29) is 0 Å². The normalized spacial score (nSPS) is 17.7. The van der Waals surface area contributed by atoms with Crippen LogP contribution in [0.4, 0.5) is 5.82 Å². The molecule has 1 N–H and O–H groups in total. The summed E-state index contributed by atoms with van der Waals surface area (Å²) in [4.78, 5) is 6.32. The second-order valence-electron chi connectivity index (χ2n) is 4.56. The number of hydrogen-bond acceptors (Lipinski definition) is 3. The highest BCUT2D eigenvalue weighted by Crippen LogP contribution is 2.33. The molecule has 0 aromatic carbocycles. The number of aromatic nitrogens is 1. The Morgan fingerprint density at radius 2 is 2.20 bits per heavy atom. The summed E-state index contributed by atoms with van der Waals surface area (Å²) in [7, 11) is 0. The highest BCUT2D eigenvalue weighted by molar-refractivity contribution is 6.32. The van der Waals surface area contributed by atoms with E-state index in [9.17, 15) is 5.11 Å². The summed E-state index contributed by atoms with van der Waals surface area (Å²) in [5.74, 6) is 1.12. The Hall–Kier alpha value is -0.800. The average Bonchev–Trinajstić information content (AvgIpc) is 2.03. The minimum atomic E-state index is -0.613. The largest absolute Gasteiger partial charge is 0.390 e. The van der Waals surface area contributed by atoms with Crippen molar-refractivity contribution in [2.75, 3.05) is 18.0 Å². The van der Waals surface area contributed by atoms with Crippen LogP contribution >= 0.6 is 11.6 Å². The van der Waals surface area contributed by atoms with Crippen LogP contribution in [0, 0.1) is 5.92 Å². The van der Waals surface area contributed by atoms with Crippen molar-refractivity contribution in [3.8, 4) is 0 Å². The van der Waals surface area contributed by atoms with Gasteiger partial charge in [-0.25, -0.2) is 4.98 Å². The zero-order valence-corrected chi connectivity index (χ0v) is 9.70. The van der Waals surface area contributed by atoms with Crippen LogP contribution in [-0.4, -0.2) is 28.8 Å². The number of rotatable bonds is 2. The molecule has 0 radical (unpaired) electrons. The van der Waals surface area contributed by atoms with Crippen LogP contribution in [0.15, 0.2) is 18.3 Å². The van der Waals surface area contributed by atoms with Crippen molar-refractivity contribution in [1.29, 1.82) is 0 Å². The summed E-state index contributed by atoms with van der Waals surface area (Å²) in [5, 5.41) is 10.5. The Labute approximate surface area is 94.7 Å².